The number of amides is 1. The van der Waals surface area contributed by atoms with Gasteiger partial charge < -0.3 is 5.32 Å². The molecule has 1 fully saturated rings. The highest BCUT2D eigenvalue weighted by atomic mass is 35.5. The molecule has 168 valence electrons. The molecule has 1 heterocycles. The standard InChI is InChI=1S/C25H33Cl2N3O/c1-18-7-5-6-8-20(18)24(31)28-23(25(2,3)4)17-30-13-11-29(12-14-30)16-19-9-10-21(26)22(27)15-19/h5-10,15,23H,11-14,16-17H2,1-4H3,(H,28,31)/t23-/m1/s1. The van der Waals surface area contributed by atoms with Gasteiger partial charge in [-0.1, -0.05) is 68.2 Å². The van der Waals surface area contributed by atoms with E-state index in [9.17, 15) is 4.79 Å². The Labute approximate surface area is 196 Å². The van der Waals surface area contributed by atoms with E-state index in [1.165, 1.54) is 5.56 Å². The van der Waals surface area contributed by atoms with Crippen LogP contribution in [0.5, 0.6) is 0 Å². The molecule has 0 saturated carbocycles. The maximum absolute atomic E-state index is 12.9. The summed E-state index contributed by atoms with van der Waals surface area (Å²) in [5, 5.41) is 4.50. The van der Waals surface area contributed by atoms with E-state index in [0.717, 1.165) is 50.4 Å². The Morgan fingerprint density at radius 3 is 2.26 bits per heavy atom. The van der Waals surface area contributed by atoms with Gasteiger partial charge >= 0.3 is 0 Å². The van der Waals surface area contributed by atoms with Crippen LogP contribution < -0.4 is 5.32 Å². The molecule has 1 atom stereocenters. The van der Waals surface area contributed by atoms with Gasteiger partial charge in [0.05, 0.1) is 10.0 Å². The Morgan fingerprint density at radius 2 is 1.65 bits per heavy atom. The molecule has 6 heteroatoms. The lowest BCUT2D eigenvalue weighted by Gasteiger charge is -2.40. The van der Waals surface area contributed by atoms with Crippen LogP contribution in [0.25, 0.3) is 0 Å². The lowest BCUT2D eigenvalue weighted by molar-refractivity contribution is 0.0790. The van der Waals surface area contributed by atoms with E-state index >= 15 is 0 Å². The maximum atomic E-state index is 12.9. The zero-order valence-electron chi connectivity index (χ0n) is 18.9. The molecule has 2 aromatic rings. The van der Waals surface area contributed by atoms with E-state index in [1.807, 2.05) is 49.4 Å². The first-order valence-electron chi connectivity index (χ1n) is 10.9. The smallest absolute Gasteiger partial charge is 0.251 e. The lowest BCUT2D eigenvalue weighted by atomic mass is 9.86. The van der Waals surface area contributed by atoms with Gasteiger partial charge in [-0.15, -0.1) is 0 Å². The third-order valence-corrected chi connectivity index (χ3v) is 6.78. The number of halogens is 2. The van der Waals surface area contributed by atoms with Gasteiger partial charge in [0.2, 0.25) is 0 Å². The number of benzene rings is 2. The predicted molar refractivity (Wildman–Crippen MR) is 130 cm³/mol. The molecule has 31 heavy (non-hydrogen) atoms. The van der Waals surface area contributed by atoms with Crippen LogP contribution in [0.1, 0.15) is 42.3 Å². The Balaban J connectivity index is 1.56. The number of carbonyl (C=O) groups is 1. The van der Waals surface area contributed by atoms with Crippen molar-refractivity contribution in [2.24, 2.45) is 5.41 Å². The molecule has 0 unspecified atom stereocenters. The van der Waals surface area contributed by atoms with Crippen molar-refractivity contribution < 1.29 is 4.79 Å². The van der Waals surface area contributed by atoms with Gasteiger partial charge in [0.1, 0.15) is 0 Å². The van der Waals surface area contributed by atoms with Crippen LogP contribution in [0.4, 0.5) is 0 Å². The molecular formula is C25H33Cl2N3O. The molecule has 1 amide bonds. The zero-order chi connectivity index (χ0) is 22.6. The summed E-state index contributed by atoms with van der Waals surface area (Å²) in [6, 6.07) is 13.7. The Hall–Kier alpha value is -1.59. The summed E-state index contributed by atoms with van der Waals surface area (Å²) in [5.41, 5.74) is 2.91. The van der Waals surface area contributed by atoms with Crippen molar-refractivity contribution in [3.63, 3.8) is 0 Å². The maximum Gasteiger partial charge on any atom is 0.251 e. The van der Waals surface area contributed by atoms with Crippen molar-refractivity contribution in [2.45, 2.75) is 40.3 Å². The van der Waals surface area contributed by atoms with Crippen molar-refractivity contribution >= 4 is 29.1 Å². The van der Waals surface area contributed by atoms with Crippen molar-refractivity contribution in [1.29, 1.82) is 0 Å². The molecule has 0 radical (unpaired) electrons. The fraction of sp³-hybridized carbons (Fsp3) is 0.480. The average Bonchev–Trinajstić information content (AvgIpc) is 2.71. The normalized spacial score (nSPS) is 16.8. The van der Waals surface area contributed by atoms with Gasteiger partial charge in [0.25, 0.3) is 5.91 Å². The van der Waals surface area contributed by atoms with E-state index in [-0.39, 0.29) is 17.4 Å². The highest BCUT2D eigenvalue weighted by molar-refractivity contribution is 6.42. The second kappa shape index (κ2) is 10.4. The number of piperazine rings is 1. The summed E-state index contributed by atoms with van der Waals surface area (Å²) in [6.07, 6.45) is 0. The van der Waals surface area contributed by atoms with Crippen LogP contribution >= 0.6 is 23.2 Å². The number of hydrogen-bond donors (Lipinski definition) is 1. The number of nitrogens with one attached hydrogen (secondary N) is 1. The molecule has 1 aliphatic heterocycles. The largest absolute Gasteiger partial charge is 0.347 e. The number of aryl methyl sites for hydroxylation is 1. The van der Waals surface area contributed by atoms with Crippen molar-refractivity contribution in [3.8, 4) is 0 Å². The predicted octanol–water partition coefficient (Wildman–Crippen LogP) is 5.26. The van der Waals surface area contributed by atoms with Gasteiger partial charge in [-0.3, -0.25) is 14.6 Å². The van der Waals surface area contributed by atoms with E-state index in [2.05, 4.69) is 35.9 Å². The van der Waals surface area contributed by atoms with Crippen LogP contribution in [-0.2, 0) is 6.54 Å². The number of hydrogen-bond acceptors (Lipinski definition) is 3. The van der Waals surface area contributed by atoms with Crippen molar-refractivity contribution in [3.05, 3.63) is 69.2 Å². The summed E-state index contributed by atoms with van der Waals surface area (Å²) in [5.74, 6) is 0.0104. The Bertz CT molecular complexity index is 902. The second-order valence-electron chi connectivity index (χ2n) is 9.53. The highest BCUT2D eigenvalue weighted by Crippen LogP contribution is 2.24. The molecule has 0 bridgehead atoms. The molecule has 1 N–H and O–H groups in total. The molecule has 3 rings (SSSR count). The summed E-state index contributed by atoms with van der Waals surface area (Å²) in [4.78, 5) is 17.8. The first kappa shape index (κ1) is 24.1. The Morgan fingerprint density at radius 1 is 1.00 bits per heavy atom. The number of rotatable bonds is 6. The molecule has 0 aliphatic carbocycles. The Kier molecular flexibility index (Phi) is 8.03. The van der Waals surface area contributed by atoms with E-state index in [0.29, 0.717) is 10.0 Å². The van der Waals surface area contributed by atoms with Crippen LogP contribution in [0.3, 0.4) is 0 Å². The number of carbonyl (C=O) groups excluding carboxylic acids is 1. The fourth-order valence-corrected chi connectivity index (χ4v) is 4.20. The molecule has 1 saturated heterocycles. The topological polar surface area (TPSA) is 35.6 Å². The molecular weight excluding hydrogens is 429 g/mol. The van der Waals surface area contributed by atoms with Gasteiger partial charge in [-0.05, 0) is 41.7 Å². The summed E-state index contributed by atoms with van der Waals surface area (Å²) >= 11 is 12.2. The van der Waals surface area contributed by atoms with E-state index < -0.39 is 0 Å². The monoisotopic (exact) mass is 461 g/mol. The summed E-state index contributed by atoms with van der Waals surface area (Å²) < 4.78 is 0. The highest BCUT2D eigenvalue weighted by Gasteiger charge is 2.30. The minimum atomic E-state index is -0.0322. The van der Waals surface area contributed by atoms with Crippen LogP contribution in [0, 0.1) is 12.3 Å². The molecule has 4 nitrogen and oxygen atoms in total. The first-order valence-corrected chi connectivity index (χ1v) is 11.6. The van der Waals surface area contributed by atoms with Gasteiger partial charge in [-0.2, -0.15) is 0 Å². The van der Waals surface area contributed by atoms with Gasteiger partial charge in [-0.25, -0.2) is 0 Å². The van der Waals surface area contributed by atoms with E-state index in [4.69, 9.17) is 23.2 Å². The summed E-state index contributed by atoms with van der Waals surface area (Å²) in [6.45, 7) is 14.2. The minimum absolute atomic E-state index is 0.0104. The average molecular weight is 462 g/mol. The van der Waals surface area contributed by atoms with Crippen LogP contribution in [0.2, 0.25) is 10.0 Å². The van der Waals surface area contributed by atoms with Crippen LogP contribution in [0.15, 0.2) is 42.5 Å². The lowest BCUT2D eigenvalue weighted by Crippen LogP contribution is -2.54. The quantitative estimate of drug-likeness (QED) is 0.636. The first-order chi connectivity index (χ1) is 14.6. The van der Waals surface area contributed by atoms with Gasteiger partial charge in [0.15, 0.2) is 0 Å². The third-order valence-electron chi connectivity index (χ3n) is 6.04. The summed E-state index contributed by atoms with van der Waals surface area (Å²) in [7, 11) is 0. The molecule has 0 aromatic heterocycles. The van der Waals surface area contributed by atoms with Gasteiger partial charge in [0, 0.05) is 50.9 Å². The SMILES string of the molecule is Cc1ccccc1C(=O)N[C@H](CN1CCN(Cc2ccc(Cl)c(Cl)c2)CC1)C(C)(C)C. The van der Waals surface area contributed by atoms with E-state index in [1.54, 1.807) is 0 Å². The molecule has 2 aromatic carbocycles. The van der Waals surface area contributed by atoms with Crippen molar-refractivity contribution in [2.75, 3.05) is 32.7 Å². The molecule has 1 aliphatic rings. The third kappa shape index (κ3) is 6.69. The number of nitrogens with zero attached hydrogens (tertiary/aromatic N) is 2. The molecule has 0 spiro atoms. The minimum Gasteiger partial charge on any atom is -0.347 e. The zero-order valence-corrected chi connectivity index (χ0v) is 20.4. The van der Waals surface area contributed by atoms with Crippen LogP contribution in [-0.4, -0.2) is 54.5 Å². The second-order valence-corrected chi connectivity index (χ2v) is 10.3. The fourth-order valence-electron chi connectivity index (χ4n) is 3.88. The van der Waals surface area contributed by atoms with Crippen molar-refractivity contribution in [1.82, 2.24) is 15.1 Å².